The van der Waals surface area contributed by atoms with Crippen molar-refractivity contribution in [1.82, 2.24) is 20.1 Å². The normalized spacial score (nSPS) is 12.8. The molecule has 0 saturated carbocycles. The number of fused-ring (bicyclic) bond motifs is 1. The first kappa shape index (κ1) is 13.4. The van der Waals surface area contributed by atoms with Crippen molar-refractivity contribution in [3.05, 3.63) is 35.9 Å². The molecule has 0 spiro atoms. The molecule has 2 amide bonds. The summed E-state index contributed by atoms with van der Waals surface area (Å²) in [6, 6.07) is 6.92. The molecule has 110 valence electrons. The van der Waals surface area contributed by atoms with Crippen molar-refractivity contribution < 1.29 is 9.53 Å². The first-order valence-corrected chi connectivity index (χ1v) is 6.86. The van der Waals surface area contributed by atoms with Gasteiger partial charge in [-0.25, -0.2) is 4.79 Å². The Labute approximate surface area is 122 Å². The Kier molecular flexibility index (Phi) is 3.72. The fourth-order valence-corrected chi connectivity index (χ4v) is 2.38. The molecule has 1 aliphatic heterocycles. The molecule has 2 N–H and O–H groups in total. The highest BCUT2D eigenvalue weighted by atomic mass is 16.5. The molecule has 1 aliphatic rings. The van der Waals surface area contributed by atoms with E-state index in [2.05, 4.69) is 25.4 Å². The number of methoxy groups -OCH3 is 1. The van der Waals surface area contributed by atoms with Crippen LogP contribution in [-0.4, -0.2) is 27.9 Å². The fraction of sp³-hybridized carbons (Fsp3) is 0.357. The molecule has 0 radical (unpaired) electrons. The Morgan fingerprint density at radius 3 is 3.19 bits per heavy atom. The number of anilines is 1. The number of aryl methyl sites for hydroxylation is 1. The van der Waals surface area contributed by atoms with Crippen LogP contribution in [0.5, 0.6) is 5.75 Å². The van der Waals surface area contributed by atoms with Crippen LogP contribution >= 0.6 is 0 Å². The van der Waals surface area contributed by atoms with E-state index in [1.807, 2.05) is 12.1 Å². The number of nitrogens with one attached hydrogen (secondary N) is 2. The van der Waals surface area contributed by atoms with E-state index < -0.39 is 0 Å². The number of carbonyl (C=O) groups excluding carboxylic acids is 1. The number of nitrogens with zero attached hydrogens (tertiary/aromatic N) is 3. The van der Waals surface area contributed by atoms with Gasteiger partial charge in [0.05, 0.1) is 13.7 Å². The average molecular weight is 287 g/mol. The molecule has 0 fully saturated rings. The lowest BCUT2D eigenvalue weighted by molar-refractivity contribution is 0.251. The lowest BCUT2D eigenvalue weighted by Gasteiger charge is -2.08. The van der Waals surface area contributed by atoms with Crippen LogP contribution in [0.3, 0.4) is 0 Å². The summed E-state index contributed by atoms with van der Waals surface area (Å²) in [5, 5.41) is 13.7. The predicted molar refractivity (Wildman–Crippen MR) is 77.2 cm³/mol. The second-order valence-corrected chi connectivity index (χ2v) is 4.83. The molecular weight excluding hydrogens is 270 g/mol. The van der Waals surface area contributed by atoms with Crippen LogP contribution < -0.4 is 15.4 Å². The van der Waals surface area contributed by atoms with Gasteiger partial charge in [-0.2, -0.15) is 0 Å². The van der Waals surface area contributed by atoms with E-state index in [1.54, 1.807) is 19.2 Å². The van der Waals surface area contributed by atoms with Crippen LogP contribution in [0.15, 0.2) is 24.3 Å². The predicted octanol–water partition coefficient (Wildman–Crippen LogP) is 1.55. The Morgan fingerprint density at radius 1 is 1.43 bits per heavy atom. The van der Waals surface area contributed by atoms with Crippen molar-refractivity contribution >= 4 is 11.7 Å². The van der Waals surface area contributed by atoms with E-state index in [0.29, 0.717) is 18.0 Å². The van der Waals surface area contributed by atoms with Crippen LogP contribution in [0.4, 0.5) is 10.5 Å². The van der Waals surface area contributed by atoms with E-state index in [-0.39, 0.29) is 6.03 Å². The number of benzene rings is 1. The van der Waals surface area contributed by atoms with E-state index in [0.717, 1.165) is 31.0 Å². The van der Waals surface area contributed by atoms with Gasteiger partial charge >= 0.3 is 6.03 Å². The third kappa shape index (κ3) is 2.96. The minimum Gasteiger partial charge on any atom is -0.497 e. The molecular formula is C14H17N5O2. The average Bonchev–Trinajstić information content (AvgIpc) is 3.09. The number of hydrogen-bond acceptors (Lipinski definition) is 4. The molecule has 2 aromatic rings. The maximum Gasteiger partial charge on any atom is 0.319 e. The number of amides is 2. The van der Waals surface area contributed by atoms with Gasteiger partial charge in [0.15, 0.2) is 5.82 Å². The highest BCUT2D eigenvalue weighted by Gasteiger charge is 2.17. The van der Waals surface area contributed by atoms with E-state index >= 15 is 0 Å². The van der Waals surface area contributed by atoms with Gasteiger partial charge in [0, 0.05) is 24.7 Å². The van der Waals surface area contributed by atoms with Crippen molar-refractivity contribution in [2.75, 3.05) is 12.4 Å². The van der Waals surface area contributed by atoms with Crippen molar-refractivity contribution in [2.24, 2.45) is 0 Å². The second-order valence-electron chi connectivity index (χ2n) is 4.83. The molecule has 21 heavy (non-hydrogen) atoms. The standard InChI is InChI=1S/C14H17N5O2/c1-21-11-5-2-4-10(8-11)16-14(20)15-9-13-18-17-12-6-3-7-19(12)13/h2,4-5,8H,3,6-7,9H2,1H3,(H2,15,16,20). The minimum absolute atomic E-state index is 0.279. The quantitative estimate of drug-likeness (QED) is 0.894. The monoisotopic (exact) mass is 287 g/mol. The highest BCUT2D eigenvalue weighted by Crippen LogP contribution is 2.16. The van der Waals surface area contributed by atoms with Gasteiger partial charge in [0.25, 0.3) is 0 Å². The highest BCUT2D eigenvalue weighted by molar-refractivity contribution is 5.89. The van der Waals surface area contributed by atoms with Crippen LogP contribution in [0.1, 0.15) is 18.1 Å². The SMILES string of the molecule is COc1cccc(NC(=O)NCc2nnc3n2CCC3)c1. The van der Waals surface area contributed by atoms with E-state index in [1.165, 1.54) is 0 Å². The van der Waals surface area contributed by atoms with Crippen LogP contribution in [0, 0.1) is 0 Å². The Morgan fingerprint density at radius 2 is 2.33 bits per heavy atom. The fourth-order valence-electron chi connectivity index (χ4n) is 2.38. The Hall–Kier alpha value is -2.57. The zero-order chi connectivity index (χ0) is 14.7. The van der Waals surface area contributed by atoms with Gasteiger partial charge in [0.2, 0.25) is 0 Å². The molecule has 3 rings (SSSR count). The van der Waals surface area contributed by atoms with Crippen molar-refractivity contribution in [2.45, 2.75) is 25.9 Å². The topological polar surface area (TPSA) is 81.1 Å². The molecule has 0 unspecified atom stereocenters. The first-order chi connectivity index (χ1) is 10.3. The van der Waals surface area contributed by atoms with Gasteiger partial charge in [-0.3, -0.25) is 0 Å². The van der Waals surface area contributed by atoms with Gasteiger partial charge in [-0.15, -0.1) is 10.2 Å². The number of hydrogen-bond donors (Lipinski definition) is 2. The minimum atomic E-state index is -0.279. The first-order valence-electron chi connectivity index (χ1n) is 6.86. The van der Waals surface area contributed by atoms with Gasteiger partial charge < -0.3 is 19.9 Å². The molecule has 0 atom stereocenters. The molecule has 7 heteroatoms. The molecule has 2 heterocycles. The zero-order valence-corrected chi connectivity index (χ0v) is 11.8. The summed E-state index contributed by atoms with van der Waals surface area (Å²) in [5.41, 5.74) is 0.679. The maximum atomic E-state index is 11.9. The second kappa shape index (κ2) is 5.82. The zero-order valence-electron chi connectivity index (χ0n) is 11.8. The van der Waals surface area contributed by atoms with Crippen molar-refractivity contribution in [3.63, 3.8) is 0 Å². The third-order valence-electron chi connectivity index (χ3n) is 3.42. The van der Waals surface area contributed by atoms with E-state index in [4.69, 9.17) is 4.74 Å². The molecule has 0 aliphatic carbocycles. The number of ether oxygens (including phenoxy) is 1. The molecule has 7 nitrogen and oxygen atoms in total. The summed E-state index contributed by atoms with van der Waals surface area (Å²) in [5.74, 6) is 2.49. The van der Waals surface area contributed by atoms with Crippen molar-refractivity contribution in [3.8, 4) is 5.75 Å². The van der Waals surface area contributed by atoms with Crippen molar-refractivity contribution in [1.29, 1.82) is 0 Å². The molecule has 1 aromatic heterocycles. The molecule has 1 aromatic carbocycles. The Bertz CT molecular complexity index is 653. The summed E-state index contributed by atoms with van der Waals surface area (Å²) in [6.07, 6.45) is 2.05. The van der Waals surface area contributed by atoms with Gasteiger partial charge in [-0.1, -0.05) is 6.07 Å². The lowest BCUT2D eigenvalue weighted by Crippen LogP contribution is -2.29. The largest absolute Gasteiger partial charge is 0.497 e. The van der Waals surface area contributed by atoms with E-state index in [9.17, 15) is 4.79 Å². The summed E-state index contributed by atoms with van der Waals surface area (Å²) >= 11 is 0. The summed E-state index contributed by atoms with van der Waals surface area (Å²) < 4.78 is 7.17. The number of rotatable bonds is 4. The Balaban J connectivity index is 1.56. The van der Waals surface area contributed by atoms with Crippen LogP contribution in [0.2, 0.25) is 0 Å². The summed E-state index contributed by atoms with van der Waals surface area (Å²) in [4.78, 5) is 11.9. The number of urea groups is 1. The smallest absolute Gasteiger partial charge is 0.319 e. The molecule has 0 bridgehead atoms. The van der Waals surface area contributed by atoms with Gasteiger partial charge in [-0.05, 0) is 18.6 Å². The number of carbonyl (C=O) groups is 1. The van der Waals surface area contributed by atoms with Crippen LogP contribution in [-0.2, 0) is 19.5 Å². The number of aromatic nitrogens is 3. The maximum absolute atomic E-state index is 11.9. The van der Waals surface area contributed by atoms with Crippen LogP contribution in [0.25, 0.3) is 0 Å². The lowest BCUT2D eigenvalue weighted by atomic mass is 10.3. The summed E-state index contributed by atoms with van der Waals surface area (Å²) in [6.45, 7) is 1.29. The van der Waals surface area contributed by atoms with Gasteiger partial charge in [0.1, 0.15) is 11.6 Å². The molecule has 0 saturated heterocycles. The third-order valence-corrected chi connectivity index (χ3v) is 3.42. The summed E-state index contributed by atoms with van der Waals surface area (Å²) in [7, 11) is 1.59.